The molecule has 0 radical (unpaired) electrons. The number of hydrogen-bond acceptors (Lipinski definition) is 5. The molecule has 11 heteroatoms. The van der Waals surface area contributed by atoms with Gasteiger partial charge in [0.25, 0.3) is 21.8 Å². The molecule has 3 rings (SSSR count). The summed E-state index contributed by atoms with van der Waals surface area (Å²) in [6, 6.07) is 13.9. The first-order chi connectivity index (χ1) is 15.7. The van der Waals surface area contributed by atoms with Crippen LogP contribution < -0.4 is 20.3 Å². The number of carbonyl (C=O) groups is 2. The molecule has 2 amide bonds. The van der Waals surface area contributed by atoms with Crippen LogP contribution in [0.1, 0.15) is 27.6 Å². The fraction of sp³-hybridized carbons (Fsp3) is 0.0909. The summed E-state index contributed by atoms with van der Waals surface area (Å²) in [5.74, 6) is -3.30. The van der Waals surface area contributed by atoms with Crippen molar-refractivity contribution < 1.29 is 31.5 Å². The summed E-state index contributed by atoms with van der Waals surface area (Å²) in [5, 5.41) is 0. The Morgan fingerprint density at radius 2 is 1.39 bits per heavy atom. The Hall–Kier alpha value is -3.99. The Balaban J connectivity index is 1.60. The summed E-state index contributed by atoms with van der Waals surface area (Å²) in [5.41, 5.74) is 4.36. The number of nitrogens with one attached hydrogen (secondary N) is 3. The van der Waals surface area contributed by atoms with Gasteiger partial charge in [-0.05, 0) is 73.7 Å². The normalized spacial score (nSPS) is 10.9. The van der Waals surface area contributed by atoms with E-state index in [1.165, 1.54) is 36.4 Å². The molecular weight excluding hydrogens is 456 g/mol. The van der Waals surface area contributed by atoms with Gasteiger partial charge in [-0.15, -0.1) is 0 Å². The van der Waals surface area contributed by atoms with Crippen molar-refractivity contribution in [3.63, 3.8) is 0 Å². The second kappa shape index (κ2) is 10.1. The number of anilines is 1. The van der Waals surface area contributed by atoms with Crippen LogP contribution in [-0.4, -0.2) is 26.8 Å². The van der Waals surface area contributed by atoms with Crippen molar-refractivity contribution in [3.8, 4) is 5.75 Å². The molecule has 0 saturated carbocycles. The molecule has 0 unspecified atom stereocenters. The molecular formula is C22H19F2N3O5S. The van der Waals surface area contributed by atoms with E-state index in [1.54, 1.807) is 12.1 Å². The van der Waals surface area contributed by atoms with E-state index < -0.39 is 33.5 Å². The molecule has 0 heterocycles. The third kappa shape index (κ3) is 6.04. The molecule has 0 atom stereocenters. The summed E-state index contributed by atoms with van der Waals surface area (Å²) in [6.07, 6.45) is 0. The number of hydrogen-bond donors (Lipinski definition) is 3. The molecule has 172 valence electrons. The average molecular weight is 475 g/mol. The molecule has 0 aliphatic carbocycles. The SMILES string of the molecule is CCOc1ccc(S(=O)(=O)Nc2ccc(C(=O)NNC(=O)c3ccc(F)c(F)c3)cc2)cc1. The Bertz CT molecular complexity index is 1260. The first-order valence-corrected chi connectivity index (χ1v) is 11.1. The second-order valence-corrected chi connectivity index (χ2v) is 8.31. The van der Waals surface area contributed by atoms with Gasteiger partial charge in [-0.1, -0.05) is 0 Å². The van der Waals surface area contributed by atoms with Gasteiger partial charge >= 0.3 is 0 Å². The Morgan fingerprint density at radius 3 is 1.97 bits per heavy atom. The molecule has 0 saturated heterocycles. The fourth-order valence-electron chi connectivity index (χ4n) is 2.68. The van der Waals surface area contributed by atoms with Crippen LogP contribution in [0, 0.1) is 11.6 Å². The van der Waals surface area contributed by atoms with E-state index in [0.717, 1.165) is 12.1 Å². The first-order valence-electron chi connectivity index (χ1n) is 9.61. The standard InChI is InChI=1S/C22H19F2N3O5S/c1-2-32-17-8-10-18(11-9-17)33(30,31)27-16-6-3-14(4-7-16)21(28)25-26-22(29)15-5-12-19(23)20(24)13-15/h3-13,27H,2H2,1H3,(H,25,28)(H,26,29). The van der Waals surface area contributed by atoms with Gasteiger partial charge in [0, 0.05) is 16.8 Å². The summed E-state index contributed by atoms with van der Waals surface area (Å²) in [6.45, 7) is 2.27. The van der Waals surface area contributed by atoms with Crippen LogP contribution in [0.5, 0.6) is 5.75 Å². The van der Waals surface area contributed by atoms with Crippen LogP contribution in [0.2, 0.25) is 0 Å². The van der Waals surface area contributed by atoms with Gasteiger partial charge in [0.2, 0.25) is 0 Å². The molecule has 0 aliphatic rings. The molecule has 0 fully saturated rings. The number of halogens is 2. The van der Waals surface area contributed by atoms with Gasteiger partial charge < -0.3 is 4.74 Å². The minimum absolute atomic E-state index is 0.0349. The molecule has 0 aromatic heterocycles. The second-order valence-electron chi connectivity index (χ2n) is 6.62. The number of sulfonamides is 1. The Labute approximate surface area is 188 Å². The lowest BCUT2D eigenvalue weighted by Gasteiger charge is -2.10. The van der Waals surface area contributed by atoms with Gasteiger partial charge in [-0.25, -0.2) is 17.2 Å². The van der Waals surface area contributed by atoms with Crippen molar-refractivity contribution in [1.82, 2.24) is 10.9 Å². The van der Waals surface area contributed by atoms with E-state index in [0.29, 0.717) is 18.4 Å². The zero-order valence-electron chi connectivity index (χ0n) is 17.3. The fourth-order valence-corrected chi connectivity index (χ4v) is 3.74. The van der Waals surface area contributed by atoms with Gasteiger partial charge in [-0.3, -0.25) is 25.2 Å². The Morgan fingerprint density at radius 1 is 0.818 bits per heavy atom. The number of rotatable bonds is 7. The zero-order valence-corrected chi connectivity index (χ0v) is 18.1. The van der Waals surface area contributed by atoms with Gasteiger partial charge in [0.1, 0.15) is 5.75 Å². The predicted molar refractivity (Wildman–Crippen MR) is 116 cm³/mol. The van der Waals surface area contributed by atoms with E-state index in [-0.39, 0.29) is 21.7 Å². The minimum Gasteiger partial charge on any atom is -0.494 e. The minimum atomic E-state index is -3.86. The van der Waals surface area contributed by atoms with E-state index >= 15 is 0 Å². The summed E-state index contributed by atoms with van der Waals surface area (Å²) < 4.78 is 58.9. The van der Waals surface area contributed by atoms with Crippen LogP contribution >= 0.6 is 0 Å². The molecule has 0 bridgehead atoms. The first kappa shape index (κ1) is 23.7. The van der Waals surface area contributed by atoms with Crippen LogP contribution in [0.4, 0.5) is 14.5 Å². The zero-order chi connectivity index (χ0) is 24.0. The number of carbonyl (C=O) groups excluding carboxylic acids is 2. The van der Waals surface area contributed by atoms with Crippen molar-refractivity contribution in [1.29, 1.82) is 0 Å². The Kier molecular flexibility index (Phi) is 7.23. The highest BCUT2D eigenvalue weighted by atomic mass is 32.2. The average Bonchev–Trinajstić information content (AvgIpc) is 2.80. The lowest BCUT2D eigenvalue weighted by atomic mass is 10.2. The number of ether oxygens (including phenoxy) is 1. The van der Waals surface area contributed by atoms with Crippen molar-refractivity contribution in [2.24, 2.45) is 0 Å². The van der Waals surface area contributed by atoms with Crippen LogP contribution in [0.15, 0.2) is 71.6 Å². The van der Waals surface area contributed by atoms with E-state index in [9.17, 15) is 26.8 Å². The molecule has 3 aromatic carbocycles. The number of hydrazine groups is 1. The molecule has 0 spiro atoms. The third-order valence-electron chi connectivity index (χ3n) is 4.32. The maximum Gasteiger partial charge on any atom is 0.269 e. The molecule has 3 aromatic rings. The maximum absolute atomic E-state index is 13.2. The van der Waals surface area contributed by atoms with Crippen LogP contribution in [0.3, 0.4) is 0 Å². The van der Waals surface area contributed by atoms with Crippen molar-refractivity contribution in [2.45, 2.75) is 11.8 Å². The molecule has 3 N–H and O–H groups in total. The van der Waals surface area contributed by atoms with Crippen molar-refractivity contribution >= 4 is 27.5 Å². The van der Waals surface area contributed by atoms with E-state index in [4.69, 9.17) is 4.74 Å². The van der Waals surface area contributed by atoms with Gasteiger partial charge in [0.15, 0.2) is 11.6 Å². The van der Waals surface area contributed by atoms with Gasteiger partial charge in [0.05, 0.1) is 11.5 Å². The van der Waals surface area contributed by atoms with E-state index in [2.05, 4.69) is 15.6 Å². The lowest BCUT2D eigenvalue weighted by molar-refractivity contribution is 0.0846. The predicted octanol–water partition coefficient (Wildman–Crippen LogP) is 3.24. The largest absolute Gasteiger partial charge is 0.494 e. The van der Waals surface area contributed by atoms with Crippen LogP contribution in [0.25, 0.3) is 0 Å². The van der Waals surface area contributed by atoms with Crippen LogP contribution in [-0.2, 0) is 10.0 Å². The third-order valence-corrected chi connectivity index (χ3v) is 5.71. The molecule has 0 aliphatic heterocycles. The summed E-state index contributed by atoms with van der Waals surface area (Å²) in [7, 11) is -3.86. The molecule has 33 heavy (non-hydrogen) atoms. The summed E-state index contributed by atoms with van der Waals surface area (Å²) >= 11 is 0. The highest BCUT2D eigenvalue weighted by Gasteiger charge is 2.15. The molecule has 8 nitrogen and oxygen atoms in total. The van der Waals surface area contributed by atoms with Crippen molar-refractivity contribution in [3.05, 3.63) is 89.5 Å². The van der Waals surface area contributed by atoms with E-state index in [1.807, 2.05) is 6.92 Å². The van der Waals surface area contributed by atoms with Gasteiger partial charge in [-0.2, -0.15) is 0 Å². The highest BCUT2D eigenvalue weighted by Crippen LogP contribution is 2.20. The smallest absolute Gasteiger partial charge is 0.269 e. The number of amides is 2. The maximum atomic E-state index is 13.2. The highest BCUT2D eigenvalue weighted by molar-refractivity contribution is 7.92. The summed E-state index contributed by atoms with van der Waals surface area (Å²) in [4.78, 5) is 24.2. The lowest BCUT2D eigenvalue weighted by Crippen LogP contribution is -2.41. The quantitative estimate of drug-likeness (QED) is 0.454. The topological polar surface area (TPSA) is 114 Å². The monoisotopic (exact) mass is 475 g/mol. The van der Waals surface area contributed by atoms with Crippen molar-refractivity contribution in [2.75, 3.05) is 11.3 Å². The number of benzene rings is 3.